The van der Waals surface area contributed by atoms with Crippen molar-refractivity contribution >= 4 is 5.91 Å². The van der Waals surface area contributed by atoms with Gasteiger partial charge in [-0.05, 0) is 128 Å². The average Bonchev–Trinajstić information content (AvgIpc) is 3.90. The van der Waals surface area contributed by atoms with E-state index in [1.807, 2.05) is 4.90 Å². The number of ether oxygens (including phenoxy) is 3. The predicted octanol–water partition coefficient (Wildman–Crippen LogP) is 5.52. The molecule has 13 atom stereocenters. The van der Waals surface area contributed by atoms with E-state index in [0.29, 0.717) is 73.1 Å². The van der Waals surface area contributed by atoms with Crippen molar-refractivity contribution < 1.29 is 24.1 Å². The average molecular weight is 613 g/mol. The van der Waals surface area contributed by atoms with Gasteiger partial charge in [0, 0.05) is 18.4 Å². The number of amides is 1. The van der Waals surface area contributed by atoms with Crippen LogP contribution in [0.5, 0.6) is 0 Å². The molecule has 2 aliphatic heterocycles. The Bertz CT molecular complexity index is 1160. The first-order chi connectivity index (χ1) is 20.9. The number of morpholine rings is 1. The molecule has 248 valence electrons. The van der Waals surface area contributed by atoms with Crippen LogP contribution in [0.2, 0.25) is 0 Å². The zero-order chi connectivity index (χ0) is 30.9. The van der Waals surface area contributed by atoms with E-state index < -0.39 is 6.10 Å². The molecular formula is C37H60N2O5. The molecule has 0 radical (unpaired) electrons. The lowest BCUT2D eigenvalue weighted by Gasteiger charge is -2.64. The maximum Gasteiger partial charge on any atom is 0.223 e. The normalized spacial score (nSPS) is 54.0. The van der Waals surface area contributed by atoms with Crippen LogP contribution in [-0.2, 0) is 19.0 Å². The molecule has 2 spiro atoms. The predicted molar refractivity (Wildman–Crippen MR) is 168 cm³/mol. The Morgan fingerprint density at radius 1 is 1.02 bits per heavy atom. The van der Waals surface area contributed by atoms with Crippen LogP contribution in [0.15, 0.2) is 0 Å². The number of carbonyl (C=O) groups is 1. The summed E-state index contributed by atoms with van der Waals surface area (Å²) in [5, 5.41) is 12.3. The molecule has 8 rings (SSSR count). The number of aliphatic hydroxyl groups excluding tert-OH is 1. The minimum Gasteiger partial charge on any atom is -0.390 e. The molecule has 0 aromatic carbocycles. The van der Waals surface area contributed by atoms with Gasteiger partial charge in [0.2, 0.25) is 5.91 Å². The van der Waals surface area contributed by atoms with E-state index in [0.717, 1.165) is 19.3 Å². The highest BCUT2D eigenvalue weighted by molar-refractivity contribution is 5.76. The number of fused-ring (bicyclic) bond motifs is 4. The summed E-state index contributed by atoms with van der Waals surface area (Å²) in [7, 11) is 0. The Morgan fingerprint density at radius 2 is 1.77 bits per heavy atom. The van der Waals surface area contributed by atoms with Gasteiger partial charge in [-0.1, -0.05) is 34.6 Å². The van der Waals surface area contributed by atoms with E-state index in [1.165, 1.54) is 51.4 Å². The lowest BCUT2D eigenvalue weighted by atomic mass is 9.41. The standard InChI is InChI=1S/C37H60N2O5/c1-22-18-24(11-15-38)43-31-30(22)34(4)13-14-37-21-36(37)12-10-27(33(2,3)25(36)8-9-26(37)35(34,5)32(31)41)44-29-20-39(16-17-42-29)28(40)19-23-6-7-23/h22-27,29-32,41H,6-21,38H2,1-5H3/t22-,24?,25+,26?,27?,29?,30?,31?,32+,34?,35-,36?,37?/m1/s1. The van der Waals surface area contributed by atoms with Gasteiger partial charge in [0.05, 0.1) is 37.6 Å². The maximum atomic E-state index is 12.9. The highest BCUT2D eigenvalue weighted by Crippen LogP contribution is 2.89. The van der Waals surface area contributed by atoms with Crippen molar-refractivity contribution in [3.05, 3.63) is 0 Å². The van der Waals surface area contributed by atoms with Crippen molar-refractivity contribution in [3.63, 3.8) is 0 Å². The van der Waals surface area contributed by atoms with E-state index in [2.05, 4.69) is 34.6 Å². The lowest BCUT2D eigenvalue weighted by Crippen LogP contribution is -2.60. The summed E-state index contributed by atoms with van der Waals surface area (Å²) in [4.78, 5) is 14.9. The Kier molecular flexibility index (Phi) is 7.05. The monoisotopic (exact) mass is 612 g/mol. The Hall–Kier alpha value is -0.730. The summed E-state index contributed by atoms with van der Waals surface area (Å²) < 4.78 is 19.7. The highest BCUT2D eigenvalue weighted by atomic mass is 16.7. The van der Waals surface area contributed by atoms with E-state index >= 15 is 0 Å². The number of nitrogens with two attached hydrogens (primary N) is 1. The fraction of sp³-hybridized carbons (Fsp3) is 0.973. The van der Waals surface area contributed by atoms with Crippen molar-refractivity contribution in [2.75, 3.05) is 26.2 Å². The Balaban J connectivity index is 1.01. The third kappa shape index (κ3) is 4.00. The van der Waals surface area contributed by atoms with Crippen molar-refractivity contribution in [2.45, 2.75) is 142 Å². The third-order valence-corrected chi connectivity index (χ3v) is 16.2. The van der Waals surface area contributed by atoms with Crippen molar-refractivity contribution in [3.8, 4) is 0 Å². The molecule has 6 aliphatic carbocycles. The molecule has 8 aliphatic rings. The van der Waals surface area contributed by atoms with Crippen LogP contribution < -0.4 is 5.73 Å². The van der Waals surface area contributed by atoms with E-state index in [9.17, 15) is 9.90 Å². The summed E-state index contributed by atoms with van der Waals surface area (Å²) in [5.74, 6) is 3.05. The number of aliphatic hydroxyl groups is 1. The van der Waals surface area contributed by atoms with Crippen LogP contribution in [-0.4, -0.2) is 72.9 Å². The fourth-order valence-corrected chi connectivity index (χ4v) is 13.8. The molecule has 7 heteroatoms. The SMILES string of the molecule is C[C@@H]1CC(CCN)OC2C1C1(C)CCC34CC35CCC(OC3CN(C(=O)CC6CC6)CCO3)C(C)(C)[C@@H]5CCC4[C@]1(C)[C@H]2O. The summed E-state index contributed by atoms with van der Waals surface area (Å²) in [6.45, 7) is 14.9. The molecule has 0 aromatic rings. The second kappa shape index (κ2) is 10.1. The second-order valence-electron chi connectivity index (χ2n) is 18.1. The van der Waals surface area contributed by atoms with Crippen molar-refractivity contribution in [1.82, 2.24) is 4.90 Å². The van der Waals surface area contributed by atoms with Gasteiger partial charge in [-0.15, -0.1) is 0 Å². The van der Waals surface area contributed by atoms with Gasteiger partial charge in [-0.2, -0.15) is 0 Å². The van der Waals surface area contributed by atoms with E-state index in [4.69, 9.17) is 19.9 Å². The fourth-order valence-electron chi connectivity index (χ4n) is 13.8. The van der Waals surface area contributed by atoms with Crippen LogP contribution in [0.1, 0.15) is 112 Å². The van der Waals surface area contributed by atoms with Crippen LogP contribution in [0.4, 0.5) is 0 Å². The summed E-state index contributed by atoms with van der Waals surface area (Å²) >= 11 is 0. The highest BCUT2D eigenvalue weighted by Gasteiger charge is 2.84. The van der Waals surface area contributed by atoms with Gasteiger partial charge in [-0.3, -0.25) is 4.79 Å². The Morgan fingerprint density at radius 3 is 2.52 bits per heavy atom. The van der Waals surface area contributed by atoms with Crippen LogP contribution >= 0.6 is 0 Å². The van der Waals surface area contributed by atoms with Gasteiger partial charge < -0.3 is 30.0 Å². The van der Waals surface area contributed by atoms with Crippen LogP contribution in [0, 0.1) is 56.7 Å². The summed E-state index contributed by atoms with van der Waals surface area (Å²) in [5.41, 5.74) is 6.70. The van der Waals surface area contributed by atoms with Crippen molar-refractivity contribution in [2.24, 2.45) is 62.4 Å². The van der Waals surface area contributed by atoms with Crippen LogP contribution in [0.3, 0.4) is 0 Å². The Labute approximate surface area is 265 Å². The molecule has 7 nitrogen and oxygen atoms in total. The minimum absolute atomic E-state index is 0.0490. The first-order valence-corrected chi connectivity index (χ1v) is 18.5. The molecule has 1 amide bonds. The molecule has 2 heterocycles. The molecule has 9 unspecified atom stereocenters. The number of hydrogen-bond acceptors (Lipinski definition) is 6. The smallest absolute Gasteiger partial charge is 0.223 e. The first-order valence-electron chi connectivity index (χ1n) is 18.5. The molecular weight excluding hydrogens is 552 g/mol. The molecule has 3 N–H and O–H groups in total. The molecule has 2 saturated heterocycles. The minimum atomic E-state index is -0.404. The number of hydrogen-bond donors (Lipinski definition) is 2. The van der Waals surface area contributed by atoms with Crippen LogP contribution in [0.25, 0.3) is 0 Å². The van der Waals surface area contributed by atoms with Gasteiger partial charge in [0.1, 0.15) is 0 Å². The molecule has 44 heavy (non-hydrogen) atoms. The van der Waals surface area contributed by atoms with E-state index in [1.54, 1.807) is 0 Å². The second-order valence-corrected chi connectivity index (χ2v) is 18.1. The van der Waals surface area contributed by atoms with Gasteiger partial charge in [-0.25, -0.2) is 0 Å². The third-order valence-electron chi connectivity index (χ3n) is 16.2. The molecule has 6 saturated carbocycles. The maximum absolute atomic E-state index is 12.9. The van der Waals surface area contributed by atoms with Gasteiger partial charge in [0.15, 0.2) is 6.29 Å². The van der Waals surface area contributed by atoms with Gasteiger partial charge >= 0.3 is 0 Å². The number of rotatable bonds is 6. The largest absolute Gasteiger partial charge is 0.390 e. The first kappa shape index (κ1) is 30.6. The number of nitrogens with zero attached hydrogens (tertiary/aromatic N) is 1. The molecule has 8 fully saturated rings. The van der Waals surface area contributed by atoms with E-state index in [-0.39, 0.29) is 46.8 Å². The molecule has 0 bridgehead atoms. The zero-order valence-corrected chi connectivity index (χ0v) is 28.2. The van der Waals surface area contributed by atoms with Crippen molar-refractivity contribution in [1.29, 1.82) is 0 Å². The topological polar surface area (TPSA) is 94.3 Å². The number of carbonyl (C=O) groups excluding carboxylic acids is 1. The lowest BCUT2D eigenvalue weighted by molar-refractivity contribution is -0.248. The zero-order valence-electron chi connectivity index (χ0n) is 28.2. The molecule has 0 aromatic heterocycles. The summed E-state index contributed by atoms with van der Waals surface area (Å²) in [6, 6.07) is 0. The quantitative estimate of drug-likeness (QED) is 0.411. The summed E-state index contributed by atoms with van der Waals surface area (Å²) in [6.07, 6.45) is 13.2. The van der Waals surface area contributed by atoms with Gasteiger partial charge in [0.25, 0.3) is 0 Å².